The van der Waals surface area contributed by atoms with Crippen LogP contribution in [0.25, 0.3) is 0 Å². The molecule has 0 aromatic heterocycles. The van der Waals surface area contributed by atoms with Crippen LogP contribution < -0.4 is 10.1 Å². The predicted octanol–water partition coefficient (Wildman–Crippen LogP) is 2.94. The summed E-state index contributed by atoms with van der Waals surface area (Å²) >= 11 is 0. The average Bonchev–Trinajstić information content (AvgIpc) is 2.49. The van der Waals surface area contributed by atoms with E-state index in [0.717, 1.165) is 11.1 Å². The molecule has 1 N–H and O–H groups in total. The Morgan fingerprint density at radius 2 is 1.90 bits per heavy atom. The van der Waals surface area contributed by atoms with E-state index in [1.54, 1.807) is 12.1 Å². The van der Waals surface area contributed by atoms with Gasteiger partial charge >= 0.3 is 5.69 Å². The highest BCUT2D eigenvalue weighted by atomic mass is 16.6. The SMILES string of the molecule is CNCc1ccc([N+](=O)[O-])c(OCCc2ccccc2)c1. The number of nitrogens with zero attached hydrogens (tertiary/aromatic N) is 1. The summed E-state index contributed by atoms with van der Waals surface area (Å²) in [6.45, 7) is 1.06. The highest BCUT2D eigenvalue weighted by Gasteiger charge is 2.15. The fourth-order valence-electron chi connectivity index (χ4n) is 2.06. The third-order valence-corrected chi connectivity index (χ3v) is 3.09. The Morgan fingerprint density at radius 3 is 2.57 bits per heavy atom. The third kappa shape index (κ3) is 4.29. The van der Waals surface area contributed by atoms with Crippen molar-refractivity contribution in [3.8, 4) is 5.75 Å². The van der Waals surface area contributed by atoms with E-state index in [4.69, 9.17) is 4.74 Å². The van der Waals surface area contributed by atoms with Crippen LogP contribution in [0.1, 0.15) is 11.1 Å². The second-order valence-electron chi connectivity index (χ2n) is 4.67. The van der Waals surface area contributed by atoms with Crippen LogP contribution in [0.3, 0.4) is 0 Å². The van der Waals surface area contributed by atoms with Crippen molar-refractivity contribution in [3.05, 3.63) is 69.8 Å². The van der Waals surface area contributed by atoms with E-state index in [1.165, 1.54) is 6.07 Å². The molecule has 5 nitrogen and oxygen atoms in total. The molecule has 2 aromatic carbocycles. The van der Waals surface area contributed by atoms with E-state index in [2.05, 4.69) is 5.32 Å². The molecule has 0 saturated heterocycles. The summed E-state index contributed by atoms with van der Waals surface area (Å²) in [4.78, 5) is 10.6. The maximum absolute atomic E-state index is 11.0. The molecule has 0 spiro atoms. The highest BCUT2D eigenvalue weighted by molar-refractivity contribution is 5.48. The summed E-state index contributed by atoms with van der Waals surface area (Å²) in [5, 5.41) is 14.1. The van der Waals surface area contributed by atoms with Crippen LogP contribution in [0, 0.1) is 10.1 Å². The first-order chi connectivity index (χ1) is 10.2. The lowest BCUT2D eigenvalue weighted by Gasteiger charge is -2.09. The molecule has 110 valence electrons. The van der Waals surface area contributed by atoms with Gasteiger partial charge in [-0.05, 0) is 24.2 Å². The van der Waals surface area contributed by atoms with Crippen molar-refractivity contribution in [2.45, 2.75) is 13.0 Å². The maximum Gasteiger partial charge on any atom is 0.310 e. The van der Waals surface area contributed by atoms with Crippen LogP contribution in [0.15, 0.2) is 48.5 Å². The summed E-state index contributed by atoms with van der Waals surface area (Å²) < 4.78 is 5.62. The van der Waals surface area contributed by atoms with Gasteiger partial charge in [0.2, 0.25) is 0 Å². The first kappa shape index (κ1) is 15.0. The summed E-state index contributed by atoms with van der Waals surface area (Å²) in [5.74, 6) is 0.323. The number of nitro benzene ring substituents is 1. The minimum absolute atomic E-state index is 0.00270. The molecular weight excluding hydrogens is 268 g/mol. The van der Waals surface area contributed by atoms with Gasteiger partial charge in [-0.15, -0.1) is 0 Å². The Kier molecular flexibility index (Phi) is 5.29. The van der Waals surface area contributed by atoms with Gasteiger partial charge in [0, 0.05) is 19.0 Å². The monoisotopic (exact) mass is 286 g/mol. The topological polar surface area (TPSA) is 64.4 Å². The lowest BCUT2D eigenvalue weighted by atomic mass is 10.1. The Labute approximate surface area is 123 Å². The minimum atomic E-state index is -0.416. The molecule has 0 saturated carbocycles. The first-order valence-corrected chi connectivity index (χ1v) is 6.79. The van der Waals surface area contributed by atoms with Gasteiger partial charge in [-0.25, -0.2) is 0 Å². The molecule has 21 heavy (non-hydrogen) atoms. The fraction of sp³-hybridized carbons (Fsp3) is 0.250. The number of hydrogen-bond donors (Lipinski definition) is 1. The van der Waals surface area contributed by atoms with E-state index in [9.17, 15) is 10.1 Å². The van der Waals surface area contributed by atoms with Crippen molar-refractivity contribution in [1.29, 1.82) is 0 Å². The lowest BCUT2D eigenvalue weighted by molar-refractivity contribution is -0.385. The minimum Gasteiger partial charge on any atom is -0.486 e. The summed E-state index contributed by atoms with van der Waals surface area (Å²) in [6, 6.07) is 14.8. The zero-order chi connectivity index (χ0) is 15.1. The van der Waals surface area contributed by atoms with Crippen LogP contribution in [-0.2, 0) is 13.0 Å². The number of ether oxygens (including phenoxy) is 1. The third-order valence-electron chi connectivity index (χ3n) is 3.09. The Morgan fingerprint density at radius 1 is 1.14 bits per heavy atom. The maximum atomic E-state index is 11.0. The van der Waals surface area contributed by atoms with Gasteiger partial charge in [0.15, 0.2) is 5.75 Å². The van der Waals surface area contributed by atoms with E-state index in [-0.39, 0.29) is 5.69 Å². The quantitative estimate of drug-likeness (QED) is 0.628. The van der Waals surface area contributed by atoms with Crippen LogP contribution in [0.2, 0.25) is 0 Å². The molecule has 0 aliphatic heterocycles. The molecule has 0 aliphatic carbocycles. The van der Waals surface area contributed by atoms with E-state index in [1.807, 2.05) is 37.4 Å². The fourth-order valence-corrected chi connectivity index (χ4v) is 2.06. The molecular formula is C16H18N2O3. The van der Waals surface area contributed by atoms with E-state index in [0.29, 0.717) is 25.3 Å². The normalized spacial score (nSPS) is 10.3. The molecule has 0 unspecified atom stereocenters. The largest absolute Gasteiger partial charge is 0.486 e. The van der Waals surface area contributed by atoms with Crippen molar-refractivity contribution >= 4 is 5.69 Å². The molecule has 0 radical (unpaired) electrons. The van der Waals surface area contributed by atoms with Gasteiger partial charge < -0.3 is 10.1 Å². The van der Waals surface area contributed by atoms with Crippen molar-refractivity contribution < 1.29 is 9.66 Å². The molecule has 2 aromatic rings. The Balaban J connectivity index is 2.06. The lowest BCUT2D eigenvalue weighted by Crippen LogP contribution is -2.07. The predicted molar refractivity (Wildman–Crippen MR) is 81.5 cm³/mol. The number of rotatable bonds is 7. The second-order valence-corrected chi connectivity index (χ2v) is 4.67. The smallest absolute Gasteiger partial charge is 0.310 e. The van der Waals surface area contributed by atoms with Crippen molar-refractivity contribution in [2.24, 2.45) is 0 Å². The van der Waals surface area contributed by atoms with Gasteiger partial charge in [0.05, 0.1) is 11.5 Å². The van der Waals surface area contributed by atoms with Gasteiger partial charge in [-0.3, -0.25) is 10.1 Å². The summed E-state index contributed by atoms with van der Waals surface area (Å²) in [7, 11) is 1.83. The van der Waals surface area contributed by atoms with Crippen LogP contribution in [-0.4, -0.2) is 18.6 Å². The molecule has 0 amide bonds. The average molecular weight is 286 g/mol. The van der Waals surface area contributed by atoms with E-state index >= 15 is 0 Å². The number of nitro groups is 1. The summed E-state index contributed by atoms with van der Waals surface area (Å²) in [5.41, 5.74) is 2.10. The van der Waals surface area contributed by atoms with Crippen molar-refractivity contribution in [3.63, 3.8) is 0 Å². The molecule has 0 heterocycles. The summed E-state index contributed by atoms with van der Waals surface area (Å²) in [6.07, 6.45) is 0.717. The Bertz CT molecular complexity index is 600. The van der Waals surface area contributed by atoms with Crippen LogP contribution in [0.4, 0.5) is 5.69 Å². The standard InChI is InChI=1S/C16H18N2O3/c1-17-12-14-7-8-15(18(19)20)16(11-14)21-10-9-13-5-3-2-4-6-13/h2-8,11,17H,9-10,12H2,1H3. The number of hydrogen-bond acceptors (Lipinski definition) is 4. The molecule has 0 aliphatic rings. The molecule has 0 atom stereocenters. The van der Waals surface area contributed by atoms with E-state index < -0.39 is 4.92 Å². The highest BCUT2D eigenvalue weighted by Crippen LogP contribution is 2.28. The molecule has 2 rings (SSSR count). The van der Waals surface area contributed by atoms with Crippen molar-refractivity contribution in [1.82, 2.24) is 5.32 Å². The Hall–Kier alpha value is -2.40. The molecule has 0 bridgehead atoms. The van der Waals surface area contributed by atoms with Gasteiger partial charge in [0.25, 0.3) is 0 Å². The zero-order valence-electron chi connectivity index (χ0n) is 11.9. The van der Waals surface area contributed by atoms with Crippen LogP contribution >= 0.6 is 0 Å². The first-order valence-electron chi connectivity index (χ1n) is 6.79. The van der Waals surface area contributed by atoms with Gasteiger partial charge in [0.1, 0.15) is 0 Å². The molecule has 0 fully saturated rings. The van der Waals surface area contributed by atoms with Gasteiger partial charge in [-0.2, -0.15) is 0 Å². The number of nitrogens with one attached hydrogen (secondary N) is 1. The van der Waals surface area contributed by atoms with Crippen LogP contribution in [0.5, 0.6) is 5.75 Å². The second kappa shape index (κ2) is 7.40. The van der Waals surface area contributed by atoms with Gasteiger partial charge in [-0.1, -0.05) is 36.4 Å². The zero-order valence-corrected chi connectivity index (χ0v) is 11.9. The molecule has 5 heteroatoms. The number of benzene rings is 2. The van der Waals surface area contributed by atoms with Crippen molar-refractivity contribution in [2.75, 3.05) is 13.7 Å².